The molecule has 7 atom stereocenters. The molecule has 4 aliphatic carbocycles. The number of carbonyl (C=O) groups excluding carboxylic acids is 6. The van der Waals surface area contributed by atoms with E-state index in [9.17, 15) is 38.7 Å². The second-order valence-corrected chi connectivity index (χ2v) is 11.7. The Kier molecular flexibility index (Phi) is 5.26. The molecular weight excluding hydrogens is 484 g/mol. The molecule has 12 heteroatoms. The van der Waals surface area contributed by atoms with E-state index >= 15 is 0 Å². The summed E-state index contributed by atoms with van der Waals surface area (Å²) in [6, 6.07) is -0.883. The summed E-state index contributed by atoms with van der Waals surface area (Å²) in [7, 11) is 1.42. The number of carbonyl (C=O) groups is 7. The lowest BCUT2D eigenvalue weighted by molar-refractivity contribution is -0.163. The SMILES string of the molecule is CNC(=O)C1CC(C(=O)NC2CC(N3C(=O)C4C5C(=O)N(C6CC(C)C6)C(=O)C5C4C3=O)C2)C1C(=O)O. The Balaban J connectivity index is 1.05. The molecule has 7 unspecified atom stereocenters. The van der Waals surface area contributed by atoms with Gasteiger partial charge in [-0.15, -0.1) is 0 Å². The van der Waals surface area contributed by atoms with Gasteiger partial charge in [0.15, 0.2) is 0 Å². The molecule has 0 aromatic rings. The van der Waals surface area contributed by atoms with Gasteiger partial charge in [0, 0.05) is 25.2 Å². The predicted octanol–water partition coefficient (Wildman–Crippen LogP) is -1.27. The highest BCUT2D eigenvalue weighted by Gasteiger charge is 2.74. The number of fused-ring (bicyclic) bond motifs is 4. The number of hydrogen-bond acceptors (Lipinski definition) is 7. The van der Waals surface area contributed by atoms with Crippen LogP contribution in [0.1, 0.15) is 39.0 Å². The second kappa shape index (κ2) is 8.09. The maximum Gasteiger partial charge on any atom is 0.308 e. The van der Waals surface area contributed by atoms with Crippen LogP contribution in [0.15, 0.2) is 0 Å². The zero-order valence-electron chi connectivity index (χ0n) is 20.6. The molecule has 2 saturated heterocycles. The van der Waals surface area contributed by atoms with Crippen LogP contribution in [0.5, 0.6) is 0 Å². The largest absolute Gasteiger partial charge is 0.481 e. The van der Waals surface area contributed by atoms with Crippen LogP contribution in [-0.2, 0) is 33.6 Å². The Morgan fingerprint density at radius 1 is 0.730 bits per heavy atom. The summed E-state index contributed by atoms with van der Waals surface area (Å²) >= 11 is 0. The van der Waals surface area contributed by atoms with E-state index in [-0.39, 0.29) is 30.3 Å². The standard InChI is InChI=1S/C25H30N4O8/c1-8-3-10(4-8)28-21(32)15-16(22(28)33)18-17(15)23(34)29(24(18)35)11-5-9(6-11)27-20(31)13-7-12(19(30)26-2)14(13)25(36)37/h8-18H,3-7H2,1-2H3,(H,26,30)(H,27,31)(H,36,37). The number of likely N-dealkylation sites (tertiary alicyclic amines) is 2. The first-order valence-corrected chi connectivity index (χ1v) is 13.0. The fourth-order valence-corrected chi connectivity index (χ4v) is 7.57. The normalized spacial score (nSPS) is 43.7. The van der Waals surface area contributed by atoms with Crippen LogP contribution in [-0.4, -0.2) is 81.5 Å². The Morgan fingerprint density at radius 2 is 1.16 bits per heavy atom. The van der Waals surface area contributed by atoms with Crippen LogP contribution in [0.3, 0.4) is 0 Å². The Bertz CT molecular complexity index is 1100. The molecular formula is C25H30N4O8. The molecule has 6 amide bonds. The van der Waals surface area contributed by atoms with Gasteiger partial charge in [-0.05, 0) is 38.0 Å². The maximum absolute atomic E-state index is 13.2. The smallest absolute Gasteiger partial charge is 0.308 e. The third-order valence-electron chi connectivity index (χ3n) is 9.76. The van der Waals surface area contributed by atoms with E-state index in [1.165, 1.54) is 16.8 Å². The quantitative estimate of drug-likeness (QED) is 0.369. The van der Waals surface area contributed by atoms with Gasteiger partial charge in [-0.1, -0.05) is 6.92 Å². The van der Waals surface area contributed by atoms with Crippen LogP contribution in [0.25, 0.3) is 0 Å². The molecule has 12 nitrogen and oxygen atoms in total. The minimum absolute atomic E-state index is 0.123. The van der Waals surface area contributed by atoms with Crippen LogP contribution in [0.2, 0.25) is 0 Å². The molecule has 4 saturated carbocycles. The van der Waals surface area contributed by atoms with E-state index in [0.717, 1.165) is 12.8 Å². The minimum Gasteiger partial charge on any atom is -0.481 e. The highest BCUT2D eigenvalue weighted by atomic mass is 16.4. The van der Waals surface area contributed by atoms with Crippen LogP contribution >= 0.6 is 0 Å². The number of hydrogen-bond donors (Lipinski definition) is 3. The Hall–Kier alpha value is -3.31. The molecule has 0 aromatic carbocycles. The predicted molar refractivity (Wildman–Crippen MR) is 122 cm³/mol. The molecule has 6 aliphatic rings. The average Bonchev–Trinajstić information content (AvgIpc) is 3.06. The second-order valence-electron chi connectivity index (χ2n) is 11.7. The lowest BCUT2D eigenvalue weighted by Gasteiger charge is -2.44. The van der Waals surface area contributed by atoms with Gasteiger partial charge in [0.1, 0.15) is 0 Å². The number of nitrogens with one attached hydrogen (secondary N) is 2. The van der Waals surface area contributed by atoms with E-state index in [1.54, 1.807) is 0 Å². The molecule has 0 radical (unpaired) electrons. The van der Waals surface area contributed by atoms with E-state index in [4.69, 9.17) is 0 Å². The van der Waals surface area contributed by atoms with Gasteiger partial charge >= 0.3 is 5.97 Å². The fourth-order valence-electron chi connectivity index (χ4n) is 7.57. The summed E-state index contributed by atoms with van der Waals surface area (Å²) in [5.74, 6) is -8.78. The minimum atomic E-state index is -1.20. The van der Waals surface area contributed by atoms with Crippen molar-refractivity contribution in [2.24, 2.45) is 47.3 Å². The van der Waals surface area contributed by atoms with Crippen molar-refractivity contribution in [3.05, 3.63) is 0 Å². The van der Waals surface area contributed by atoms with E-state index < -0.39 is 77.1 Å². The number of imide groups is 2. The number of aliphatic carboxylic acids is 1. The zero-order chi connectivity index (χ0) is 26.5. The van der Waals surface area contributed by atoms with Crippen molar-refractivity contribution in [1.82, 2.24) is 20.4 Å². The van der Waals surface area contributed by atoms with Crippen molar-refractivity contribution < 1.29 is 38.7 Å². The first kappa shape index (κ1) is 24.1. The zero-order valence-corrected chi connectivity index (χ0v) is 20.6. The molecule has 2 heterocycles. The van der Waals surface area contributed by atoms with E-state index in [1.807, 2.05) is 0 Å². The molecule has 2 aliphatic heterocycles. The van der Waals surface area contributed by atoms with Gasteiger partial charge in [-0.3, -0.25) is 43.4 Å². The van der Waals surface area contributed by atoms with Crippen molar-refractivity contribution in [2.75, 3.05) is 7.05 Å². The van der Waals surface area contributed by atoms with Gasteiger partial charge in [0.05, 0.1) is 41.4 Å². The summed E-state index contributed by atoms with van der Waals surface area (Å²) in [4.78, 5) is 91.0. The van der Waals surface area contributed by atoms with Crippen molar-refractivity contribution in [1.29, 1.82) is 0 Å². The van der Waals surface area contributed by atoms with Crippen molar-refractivity contribution >= 4 is 41.4 Å². The van der Waals surface area contributed by atoms with Gasteiger partial charge in [0.2, 0.25) is 35.4 Å². The summed E-state index contributed by atoms with van der Waals surface area (Å²) in [6.07, 6.45) is 2.32. The first-order chi connectivity index (χ1) is 17.5. The molecule has 0 aromatic heterocycles. The maximum atomic E-state index is 13.2. The van der Waals surface area contributed by atoms with Crippen LogP contribution < -0.4 is 10.6 Å². The molecule has 6 rings (SSSR count). The lowest BCUT2D eigenvalue weighted by Crippen LogP contribution is -2.60. The van der Waals surface area contributed by atoms with Gasteiger partial charge in [-0.2, -0.15) is 0 Å². The fraction of sp³-hybridized carbons (Fsp3) is 0.720. The number of nitrogens with zero attached hydrogens (tertiary/aromatic N) is 2. The van der Waals surface area contributed by atoms with Gasteiger partial charge < -0.3 is 15.7 Å². The van der Waals surface area contributed by atoms with E-state index in [0.29, 0.717) is 18.8 Å². The third-order valence-corrected chi connectivity index (χ3v) is 9.76. The molecule has 198 valence electrons. The van der Waals surface area contributed by atoms with Crippen molar-refractivity contribution in [3.63, 3.8) is 0 Å². The van der Waals surface area contributed by atoms with Crippen LogP contribution in [0, 0.1) is 47.3 Å². The topological polar surface area (TPSA) is 170 Å². The molecule has 0 bridgehead atoms. The molecule has 0 spiro atoms. The Morgan fingerprint density at radius 3 is 1.57 bits per heavy atom. The number of amides is 6. The summed E-state index contributed by atoms with van der Waals surface area (Å²) in [5.41, 5.74) is 0. The third kappa shape index (κ3) is 3.16. The monoisotopic (exact) mass is 514 g/mol. The Labute approximate surface area is 212 Å². The highest BCUT2D eigenvalue weighted by Crippen LogP contribution is 2.58. The summed E-state index contributed by atoms with van der Waals surface area (Å²) < 4.78 is 0. The molecule has 37 heavy (non-hydrogen) atoms. The molecule has 6 fully saturated rings. The van der Waals surface area contributed by atoms with Crippen LogP contribution in [0.4, 0.5) is 0 Å². The molecule has 3 N–H and O–H groups in total. The lowest BCUT2D eigenvalue weighted by atomic mass is 9.59. The summed E-state index contributed by atoms with van der Waals surface area (Å²) in [6.45, 7) is 2.06. The summed E-state index contributed by atoms with van der Waals surface area (Å²) in [5, 5.41) is 14.7. The number of rotatable bonds is 6. The average molecular weight is 515 g/mol. The van der Waals surface area contributed by atoms with Gasteiger partial charge in [0.25, 0.3) is 0 Å². The van der Waals surface area contributed by atoms with Crippen molar-refractivity contribution in [2.45, 2.75) is 57.2 Å². The van der Waals surface area contributed by atoms with Crippen molar-refractivity contribution in [3.8, 4) is 0 Å². The van der Waals surface area contributed by atoms with E-state index in [2.05, 4.69) is 17.6 Å². The van der Waals surface area contributed by atoms with Gasteiger partial charge in [-0.25, -0.2) is 0 Å². The highest BCUT2D eigenvalue weighted by molar-refractivity contribution is 6.18. The number of carboxylic acid groups (broad SMARTS) is 1. The first-order valence-electron chi connectivity index (χ1n) is 13.0. The number of carboxylic acids is 1.